The zero-order valence-electron chi connectivity index (χ0n) is 11.1. The minimum Gasteiger partial charge on any atom is -0.296 e. The summed E-state index contributed by atoms with van der Waals surface area (Å²) >= 11 is 1.73. The molecule has 1 N–H and O–H groups in total. The predicted octanol–water partition coefficient (Wildman–Crippen LogP) is 2.99. The monoisotopic (exact) mass is 277 g/mol. The molecule has 102 valence electrons. The number of nitrogens with one attached hydrogen (secondary N) is 1. The maximum atomic E-state index is 12.3. The van der Waals surface area contributed by atoms with Crippen molar-refractivity contribution in [3.8, 4) is 0 Å². The minimum atomic E-state index is -0.115. The van der Waals surface area contributed by atoms with Crippen LogP contribution in [-0.2, 0) is 9.59 Å². The normalized spacial score (nSPS) is 28.7. The number of rotatable bonds is 2. The van der Waals surface area contributed by atoms with E-state index in [9.17, 15) is 9.59 Å². The van der Waals surface area contributed by atoms with Crippen molar-refractivity contribution in [3.63, 3.8) is 0 Å². The first-order valence-electron chi connectivity index (χ1n) is 7.05. The van der Waals surface area contributed by atoms with E-state index in [4.69, 9.17) is 0 Å². The van der Waals surface area contributed by atoms with E-state index in [0.717, 1.165) is 12.8 Å². The molecule has 2 unspecified atom stereocenters. The molecule has 0 radical (unpaired) electrons. The van der Waals surface area contributed by atoms with Gasteiger partial charge in [0.15, 0.2) is 0 Å². The van der Waals surface area contributed by atoms with E-state index in [-0.39, 0.29) is 23.7 Å². The molecule has 2 atom stereocenters. The van der Waals surface area contributed by atoms with E-state index in [1.165, 1.54) is 22.6 Å². The first kappa shape index (κ1) is 12.9. The highest BCUT2D eigenvalue weighted by molar-refractivity contribution is 7.12. The molecule has 0 bridgehead atoms. The van der Waals surface area contributed by atoms with Gasteiger partial charge >= 0.3 is 0 Å². The second kappa shape index (κ2) is 5.08. The number of carbonyl (C=O) groups is 2. The third-order valence-corrected chi connectivity index (χ3v) is 5.57. The van der Waals surface area contributed by atoms with Crippen LogP contribution in [0.25, 0.3) is 0 Å². The number of thiophene rings is 1. The summed E-state index contributed by atoms with van der Waals surface area (Å²) in [5, 5.41) is 2.54. The lowest BCUT2D eigenvalue weighted by molar-refractivity contribution is -0.138. The summed E-state index contributed by atoms with van der Waals surface area (Å²) in [6.07, 6.45) is 5.17. The van der Waals surface area contributed by atoms with Gasteiger partial charge < -0.3 is 0 Å². The van der Waals surface area contributed by atoms with Gasteiger partial charge in [-0.25, -0.2) is 0 Å². The van der Waals surface area contributed by atoms with Crippen LogP contribution in [0.3, 0.4) is 0 Å². The fourth-order valence-corrected chi connectivity index (χ4v) is 4.60. The molecule has 1 saturated heterocycles. The molecule has 3 rings (SSSR count). The lowest BCUT2D eigenvalue weighted by Crippen LogP contribution is -2.47. The van der Waals surface area contributed by atoms with Crippen molar-refractivity contribution in [2.45, 2.75) is 44.9 Å². The lowest BCUT2D eigenvalue weighted by atomic mass is 9.75. The first-order valence-corrected chi connectivity index (χ1v) is 7.87. The lowest BCUT2D eigenvalue weighted by Gasteiger charge is -2.33. The third kappa shape index (κ3) is 2.46. The number of hydrogen-bond acceptors (Lipinski definition) is 3. The Hall–Kier alpha value is -1.16. The molecule has 2 aliphatic rings. The van der Waals surface area contributed by atoms with Gasteiger partial charge in [0.05, 0.1) is 0 Å². The molecule has 0 spiro atoms. The summed E-state index contributed by atoms with van der Waals surface area (Å²) in [7, 11) is 0. The van der Waals surface area contributed by atoms with Crippen LogP contribution in [0.5, 0.6) is 0 Å². The predicted molar refractivity (Wildman–Crippen MR) is 75.0 cm³/mol. The van der Waals surface area contributed by atoms with Gasteiger partial charge in [-0.1, -0.05) is 12.8 Å². The first-order chi connectivity index (χ1) is 9.15. The van der Waals surface area contributed by atoms with E-state index in [1.807, 2.05) is 0 Å². The van der Waals surface area contributed by atoms with Crippen LogP contribution in [0.15, 0.2) is 12.1 Å². The van der Waals surface area contributed by atoms with E-state index in [2.05, 4.69) is 24.4 Å². The molecule has 2 heterocycles. The van der Waals surface area contributed by atoms with Crippen LogP contribution in [0.2, 0.25) is 0 Å². The van der Waals surface area contributed by atoms with Crippen molar-refractivity contribution < 1.29 is 9.59 Å². The zero-order valence-corrected chi connectivity index (χ0v) is 12.0. The molecule has 0 aromatic carbocycles. The van der Waals surface area contributed by atoms with Gasteiger partial charge in [0.1, 0.15) is 0 Å². The fraction of sp³-hybridized carbons (Fsp3) is 0.600. The zero-order chi connectivity index (χ0) is 13.4. The molecule has 3 nitrogen and oxygen atoms in total. The highest BCUT2D eigenvalue weighted by Gasteiger charge is 2.42. The second-order valence-electron chi connectivity index (χ2n) is 5.74. The highest BCUT2D eigenvalue weighted by Crippen LogP contribution is 2.44. The number of aryl methyl sites for hydroxylation is 1. The SMILES string of the molecule is Cc1ccc(C2CC(=O)NC(=O)C2C2CCCC2)s1. The highest BCUT2D eigenvalue weighted by atomic mass is 32.1. The van der Waals surface area contributed by atoms with Gasteiger partial charge in [-0.15, -0.1) is 11.3 Å². The molecule has 4 heteroatoms. The van der Waals surface area contributed by atoms with Crippen LogP contribution >= 0.6 is 11.3 Å². The molecule has 1 saturated carbocycles. The number of amides is 2. The van der Waals surface area contributed by atoms with Crippen molar-refractivity contribution in [2.24, 2.45) is 11.8 Å². The van der Waals surface area contributed by atoms with Crippen molar-refractivity contribution >= 4 is 23.2 Å². The molecule has 2 amide bonds. The summed E-state index contributed by atoms with van der Waals surface area (Å²) in [6.45, 7) is 2.07. The number of hydrogen-bond donors (Lipinski definition) is 1. The molecule has 1 aliphatic carbocycles. The van der Waals surface area contributed by atoms with E-state index in [0.29, 0.717) is 12.3 Å². The quantitative estimate of drug-likeness (QED) is 0.845. The fourth-order valence-electron chi connectivity index (χ4n) is 3.57. The Morgan fingerprint density at radius 3 is 2.58 bits per heavy atom. The van der Waals surface area contributed by atoms with Crippen LogP contribution in [0.4, 0.5) is 0 Å². The molecular weight excluding hydrogens is 258 g/mol. The Morgan fingerprint density at radius 1 is 1.21 bits per heavy atom. The Balaban J connectivity index is 1.91. The Bertz CT molecular complexity index is 502. The molecule has 19 heavy (non-hydrogen) atoms. The largest absolute Gasteiger partial charge is 0.296 e. The van der Waals surface area contributed by atoms with Crippen LogP contribution in [0.1, 0.15) is 47.8 Å². The summed E-state index contributed by atoms with van der Waals surface area (Å²) in [5.41, 5.74) is 0. The smallest absolute Gasteiger partial charge is 0.230 e. The van der Waals surface area contributed by atoms with Gasteiger partial charge in [-0.05, 0) is 37.8 Å². The molecule has 1 aliphatic heterocycles. The third-order valence-electron chi connectivity index (χ3n) is 4.44. The van der Waals surface area contributed by atoms with Gasteiger partial charge in [-0.3, -0.25) is 14.9 Å². The number of piperidine rings is 1. The molecule has 1 aromatic rings. The van der Waals surface area contributed by atoms with Gasteiger partial charge in [0.25, 0.3) is 0 Å². The average molecular weight is 277 g/mol. The standard InChI is InChI=1S/C15H19NO2S/c1-9-6-7-12(19-9)11-8-13(17)16-15(18)14(11)10-4-2-3-5-10/h6-7,10-11,14H,2-5,8H2,1H3,(H,16,17,18). The van der Waals surface area contributed by atoms with Crippen molar-refractivity contribution in [2.75, 3.05) is 0 Å². The van der Waals surface area contributed by atoms with Crippen molar-refractivity contribution in [3.05, 3.63) is 21.9 Å². The Kier molecular flexibility index (Phi) is 3.44. The molecule has 2 fully saturated rings. The van der Waals surface area contributed by atoms with Gasteiger partial charge in [-0.2, -0.15) is 0 Å². The maximum Gasteiger partial charge on any atom is 0.230 e. The van der Waals surface area contributed by atoms with E-state index < -0.39 is 0 Å². The van der Waals surface area contributed by atoms with E-state index in [1.54, 1.807) is 11.3 Å². The van der Waals surface area contributed by atoms with Gasteiger partial charge in [0.2, 0.25) is 11.8 Å². The maximum absolute atomic E-state index is 12.3. The Labute approximate surface area is 117 Å². The van der Waals surface area contributed by atoms with Crippen molar-refractivity contribution in [1.82, 2.24) is 5.32 Å². The topological polar surface area (TPSA) is 46.2 Å². The van der Waals surface area contributed by atoms with Crippen LogP contribution in [-0.4, -0.2) is 11.8 Å². The summed E-state index contributed by atoms with van der Waals surface area (Å²) in [5.74, 6) is 0.399. The number of carbonyl (C=O) groups excluding carboxylic acids is 2. The Morgan fingerprint density at radius 2 is 1.95 bits per heavy atom. The van der Waals surface area contributed by atoms with Crippen LogP contribution < -0.4 is 5.32 Å². The molecule has 1 aromatic heterocycles. The number of imide groups is 1. The summed E-state index contributed by atoms with van der Waals surface area (Å²) < 4.78 is 0. The summed E-state index contributed by atoms with van der Waals surface area (Å²) in [4.78, 5) is 26.4. The van der Waals surface area contributed by atoms with Crippen molar-refractivity contribution in [1.29, 1.82) is 0 Å². The molecular formula is C15H19NO2S. The average Bonchev–Trinajstić information content (AvgIpc) is 2.99. The minimum absolute atomic E-state index is 0.00162. The van der Waals surface area contributed by atoms with Gasteiger partial charge in [0, 0.05) is 28.0 Å². The van der Waals surface area contributed by atoms with Crippen LogP contribution in [0, 0.1) is 18.8 Å². The second-order valence-corrected chi connectivity index (χ2v) is 7.06. The van der Waals surface area contributed by atoms with E-state index >= 15 is 0 Å². The summed E-state index contributed by atoms with van der Waals surface area (Å²) in [6, 6.07) is 4.18.